The number of carbonyl (C=O) groups excluding carboxylic acids is 2. The van der Waals surface area contributed by atoms with Crippen LogP contribution >= 0.6 is 0 Å². The lowest BCUT2D eigenvalue weighted by molar-refractivity contribution is -0.134. The van der Waals surface area contributed by atoms with Gasteiger partial charge in [0.2, 0.25) is 0 Å². The van der Waals surface area contributed by atoms with Gasteiger partial charge in [0.15, 0.2) is 0 Å². The van der Waals surface area contributed by atoms with Gasteiger partial charge in [-0.1, -0.05) is 33.0 Å². The topological polar surface area (TPSA) is 77.7 Å². The molecular formula is C31H44F2N4O3Si. The third-order valence-electron chi connectivity index (χ3n) is 7.62. The number of rotatable bonds is 5. The summed E-state index contributed by atoms with van der Waals surface area (Å²) in [6.07, 6.45) is 2.86. The van der Waals surface area contributed by atoms with Crippen LogP contribution in [0.3, 0.4) is 0 Å². The fourth-order valence-electron chi connectivity index (χ4n) is 5.77. The first-order valence-corrected chi connectivity index (χ1v) is 18.2. The third-order valence-corrected chi connectivity index (χ3v) is 8.50. The van der Waals surface area contributed by atoms with Gasteiger partial charge in [0.25, 0.3) is 5.91 Å². The van der Waals surface area contributed by atoms with Crippen molar-refractivity contribution in [3.05, 3.63) is 35.0 Å². The first-order valence-electron chi connectivity index (χ1n) is 14.7. The molecule has 2 amide bonds. The molecule has 0 radical (unpaired) electrons. The summed E-state index contributed by atoms with van der Waals surface area (Å²) in [5, 5.41) is 4.07. The second kappa shape index (κ2) is 12.1. The summed E-state index contributed by atoms with van der Waals surface area (Å²) in [7, 11) is -1.84. The van der Waals surface area contributed by atoms with Crippen molar-refractivity contribution < 1.29 is 23.1 Å². The Kier molecular flexibility index (Phi) is 9.19. The van der Waals surface area contributed by atoms with Crippen molar-refractivity contribution in [2.75, 3.05) is 19.6 Å². The van der Waals surface area contributed by atoms with Crippen LogP contribution in [0.25, 0.3) is 10.9 Å². The number of nitrogens with zero attached hydrogens (tertiary/aromatic N) is 2. The molecule has 2 aromatic rings. The van der Waals surface area contributed by atoms with Gasteiger partial charge in [-0.3, -0.25) is 10.1 Å². The van der Waals surface area contributed by atoms with E-state index in [2.05, 4.69) is 48.3 Å². The summed E-state index contributed by atoms with van der Waals surface area (Å²) in [6.45, 7) is 15.6. The van der Waals surface area contributed by atoms with Crippen LogP contribution in [0.1, 0.15) is 70.7 Å². The Morgan fingerprint density at radius 3 is 2.46 bits per heavy atom. The molecule has 0 saturated carbocycles. The molecule has 3 heterocycles. The van der Waals surface area contributed by atoms with E-state index in [1.165, 1.54) is 6.07 Å². The van der Waals surface area contributed by atoms with Crippen LogP contribution in [0.4, 0.5) is 13.6 Å². The van der Waals surface area contributed by atoms with Gasteiger partial charge in [-0.2, -0.15) is 0 Å². The Morgan fingerprint density at radius 1 is 1.17 bits per heavy atom. The predicted octanol–water partition coefficient (Wildman–Crippen LogP) is 6.12. The number of fused-ring (bicyclic) bond motifs is 3. The molecular weight excluding hydrogens is 542 g/mol. The van der Waals surface area contributed by atoms with Crippen LogP contribution in [0.2, 0.25) is 19.6 Å². The highest BCUT2D eigenvalue weighted by Gasteiger charge is 2.44. The molecule has 224 valence electrons. The number of piperidine rings is 1. The summed E-state index contributed by atoms with van der Waals surface area (Å²) >= 11 is 0. The molecule has 2 N–H and O–H groups in total. The Hall–Kier alpha value is -2.90. The zero-order valence-corrected chi connectivity index (χ0v) is 26.4. The van der Waals surface area contributed by atoms with Crippen molar-refractivity contribution in [1.82, 2.24) is 20.1 Å². The fraction of sp³-hybridized carbons (Fsp3) is 0.613. The van der Waals surface area contributed by atoms with Crippen molar-refractivity contribution in [3.8, 4) is 11.5 Å². The summed E-state index contributed by atoms with van der Waals surface area (Å²) < 4.78 is 35.0. The number of unbranched alkanes of at least 4 members (excludes halogenated alkanes) is 1. The zero-order chi connectivity index (χ0) is 30.1. The molecule has 2 aliphatic rings. The van der Waals surface area contributed by atoms with Crippen molar-refractivity contribution in [3.63, 3.8) is 0 Å². The number of likely N-dealkylation sites (tertiary alicyclic amines) is 1. The first-order chi connectivity index (χ1) is 19.2. The van der Waals surface area contributed by atoms with Crippen LogP contribution in [-0.2, 0) is 16.0 Å². The smallest absolute Gasteiger partial charge is 0.410 e. The largest absolute Gasteiger partial charge is 0.444 e. The summed E-state index contributed by atoms with van der Waals surface area (Å²) in [5.41, 5.74) is 4.44. The van der Waals surface area contributed by atoms with Gasteiger partial charge in [-0.15, -0.1) is 5.54 Å². The average Bonchev–Trinajstić information content (AvgIpc) is 3.24. The maximum Gasteiger partial charge on any atom is 0.410 e. The summed E-state index contributed by atoms with van der Waals surface area (Å²) in [6, 6.07) is 1.83. The van der Waals surface area contributed by atoms with Crippen LogP contribution < -0.4 is 5.32 Å². The molecule has 0 bridgehead atoms. The second-order valence-corrected chi connectivity index (χ2v) is 18.1. The lowest BCUT2D eigenvalue weighted by atomic mass is 9.81. The maximum absolute atomic E-state index is 15.0. The number of aromatic amines is 1. The highest BCUT2D eigenvalue weighted by Crippen LogP contribution is 2.44. The highest BCUT2D eigenvalue weighted by molar-refractivity contribution is 6.84. The van der Waals surface area contributed by atoms with Gasteiger partial charge in [0.05, 0.1) is 17.7 Å². The lowest BCUT2D eigenvalue weighted by Gasteiger charge is -2.46. The maximum atomic E-state index is 15.0. The highest BCUT2D eigenvalue weighted by atomic mass is 28.3. The summed E-state index contributed by atoms with van der Waals surface area (Å²) in [5.74, 6) is 1.37. The Balaban J connectivity index is 1.77. The Labute approximate surface area is 243 Å². The van der Waals surface area contributed by atoms with E-state index in [9.17, 15) is 18.4 Å². The molecule has 1 fully saturated rings. The van der Waals surface area contributed by atoms with Gasteiger partial charge in [0.1, 0.15) is 25.3 Å². The Bertz CT molecular complexity index is 1340. The van der Waals surface area contributed by atoms with Gasteiger partial charge in [0, 0.05) is 36.7 Å². The second-order valence-electron chi connectivity index (χ2n) is 13.3. The lowest BCUT2D eigenvalue weighted by Crippen LogP contribution is -2.56. The first kappa shape index (κ1) is 31.0. The molecule has 0 spiro atoms. The number of halogens is 2. The van der Waals surface area contributed by atoms with E-state index in [1.54, 1.807) is 4.90 Å². The minimum Gasteiger partial charge on any atom is -0.444 e. The van der Waals surface area contributed by atoms with Crippen molar-refractivity contribution >= 4 is 31.0 Å². The molecule has 1 saturated heterocycles. The molecule has 2 aliphatic heterocycles. The fourth-order valence-corrected chi connectivity index (χ4v) is 6.25. The van der Waals surface area contributed by atoms with Crippen LogP contribution in [0.15, 0.2) is 12.1 Å². The van der Waals surface area contributed by atoms with Gasteiger partial charge >= 0.3 is 6.09 Å². The van der Waals surface area contributed by atoms with Crippen LogP contribution in [0.5, 0.6) is 0 Å². The van der Waals surface area contributed by atoms with E-state index in [0.29, 0.717) is 44.3 Å². The molecule has 1 aromatic heterocycles. The normalized spacial score (nSPS) is 20.0. The molecule has 0 aliphatic carbocycles. The van der Waals surface area contributed by atoms with E-state index in [1.807, 2.05) is 25.7 Å². The average molecular weight is 587 g/mol. The number of carbonyl (C=O) groups is 2. The summed E-state index contributed by atoms with van der Waals surface area (Å²) in [4.78, 5) is 33.5. The number of nitrogens with one attached hydrogen (secondary N) is 2. The third kappa shape index (κ3) is 7.30. The standard InChI is InChI=1S/C31H44F2N4O3Si/c1-8-9-13-34-25-19-23-22-17-21(32)18-24(33)27(22)35-28(23)29(37(25)26(38)12-16-41(5,6)7)20-10-14-36(15-11-20)30(39)40-31(2,3)4/h17-18,20,25,29,34-35H,8-11,13-15,19H2,1-7H3/t25-,29+/m1/s1. The Morgan fingerprint density at radius 2 is 1.85 bits per heavy atom. The monoisotopic (exact) mass is 586 g/mol. The minimum absolute atomic E-state index is 0.0261. The molecule has 4 rings (SSSR count). The SMILES string of the molecule is CCCCN[C@H]1Cc2c([nH]c3c(F)cc(F)cc23)[C@H](C2CCN(C(=O)OC(C)(C)C)CC2)N1C(=O)C#C[Si](C)(C)C. The van der Waals surface area contributed by atoms with E-state index < -0.39 is 31.4 Å². The van der Waals surface area contributed by atoms with E-state index >= 15 is 0 Å². The van der Waals surface area contributed by atoms with Crippen molar-refractivity contribution in [2.45, 2.75) is 97.2 Å². The zero-order valence-electron chi connectivity index (χ0n) is 25.4. The quantitative estimate of drug-likeness (QED) is 0.252. The molecule has 10 heteroatoms. The number of amides is 2. The number of hydrogen-bond donors (Lipinski definition) is 2. The van der Waals surface area contributed by atoms with E-state index in [4.69, 9.17) is 4.74 Å². The van der Waals surface area contributed by atoms with Crippen LogP contribution in [0, 0.1) is 29.0 Å². The number of H-pyrrole nitrogens is 1. The minimum atomic E-state index is -1.84. The van der Waals surface area contributed by atoms with Gasteiger partial charge in [-0.05, 0) is 70.0 Å². The van der Waals surface area contributed by atoms with Crippen molar-refractivity contribution in [2.24, 2.45) is 5.92 Å². The predicted molar refractivity (Wildman–Crippen MR) is 160 cm³/mol. The van der Waals surface area contributed by atoms with E-state index in [0.717, 1.165) is 30.2 Å². The number of benzene rings is 1. The number of ether oxygens (including phenoxy) is 1. The molecule has 2 atom stereocenters. The van der Waals surface area contributed by atoms with Gasteiger partial charge < -0.3 is 19.5 Å². The van der Waals surface area contributed by atoms with Crippen molar-refractivity contribution in [1.29, 1.82) is 0 Å². The molecule has 1 aromatic carbocycles. The van der Waals surface area contributed by atoms with Gasteiger partial charge in [-0.25, -0.2) is 13.6 Å². The molecule has 7 nitrogen and oxygen atoms in total. The number of aromatic nitrogens is 1. The van der Waals surface area contributed by atoms with Crippen LogP contribution in [-0.4, -0.2) is 66.3 Å². The molecule has 41 heavy (non-hydrogen) atoms. The molecule has 0 unspecified atom stereocenters. The van der Waals surface area contributed by atoms with E-state index in [-0.39, 0.29) is 29.6 Å². The number of hydrogen-bond acceptors (Lipinski definition) is 4.